The van der Waals surface area contributed by atoms with Gasteiger partial charge in [0.1, 0.15) is 5.83 Å². The zero-order valence-electron chi connectivity index (χ0n) is 30.7. The third-order valence-electron chi connectivity index (χ3n) is 5.78. The molecule has 1 aromatic carbocycles. The molecule has 238 valence electrons. The minimum absolute atomic E-state index is 0.215. The molecule has 1 saturated carbocycles. The van der Waals surface area contributed by atoms with Crippen LogP contribution in [0.2, 0.25) is 0 Å². The molecule has 0 aliphatic heterocycles. The minimum Gasteiger partial charge on any atom is -0.207 e. The molecule has 1 unspecified atom stereocenters. The number of halogens is 1. The van der Waals surface area contributed by atoms with Crippen LogP contribution in [-0.2, 0) is 0 Å². The van der Waals surface area contributed by atoms with Crippen LogP contribution in [-0.4, -0.2) is 0 Å². The summed E-state index contributed by atoms with van der Waals surface area (Å²) < 4.78 is 13.0. The molecule has 0 N–H and O–H groups in total. The number of hydrogen-bond acceptors (Lipinski definition) is 0. The molecule has 0 aromatic heterocycles. The van der Waals surface area contributed by atoms with Crippen molar-refractivity contribution in [2.75, 3.05) is 0 Å². The van der Waals surface area contributed by atoms with Gasteiger partial charge in [0.05, 0.1) is 0 Å². The van der Waals surface area contributed by atoms with E-state index in [-0.39, 0.29) is 5.83 Å². The Balaban J connectivity index is -0.000000215. The highest BCUT2D eigenvalue weighted by Gasteiger charge is 2.25. The van der Waals surface area contributed by atoms with Crippen LogP contribution in [0.4, 0.5) is 4.39 Å². The van der Waals surface area contributed by atoms with Crippen LogP contribution < -0.4 is 0 Å². The Morgan fingerprint density at radius 2 is 1.15 bits per heavy atom. The molecular weight excluding hydrogens is 499 g/mol. The molecule has 0 radical (unpaired) electrons. The topological polar surface area (TPSA) is 0 Å². The monoisotopic (exact) mass is 571 g/mol. The average molecular weight is 571 g/mol. The van der Waals surface area contributed by atoms with E-state index in [1.165, 1.54) is 47.6 Å². The third-order valence-corrected chi connectivity index (χ3v) is 5.78. The summed E-state index contributed by atoms with van der Waals surface area (Å²) in [5.74, 6) is 2.73. The molecule has 0 heterocycles. The van der Waals surface area contributed by atoms with Gasteiger partial charge in [-0.3, -0.25) is 0 Å². The van der Waals surface area contributed by atoms with Gasteiger partial charge in [0.15, 0.2) is 0 Å². The van der Waals surface area contributed by atoms with Crippen LogP contribution >= 0.6 is 0 Å². The molecule has 2 rings (SSSR count). The van der Waals surface area contributed by atoms with Crippen molar-refractivity contribution in [2.24, 2.45) is 23.2 Å². The molecule has 0 saturated heterocycles. The molecule has 1 aliphatic carbocycles. The van der Waals surface area contributed by atoms with E-state index in [1.54, 1.807) is 19.9 Å². The molecule has 1 heteroatoms. The molecule has 1 atom stereocenters. The summed E-state index contributed by atoms with van der Waals surface area (Å²) in [7, 11) is 0. The summed E-state index contributed by atoms with van der Waals surface area (Å²) in [6.45, 7) is 46.3. The van der Waals surface area contributed by atoms with Gasteiger partial charge < -0.3 is 0 Å². The predicted octanol–water partition coefficient (Wildman–Crippen LogP) is 14.3. The van der Waals surface area contributed by atoms with E-state index in [0.29, 0.717) is 11.0 Å². The van der Waals surface area contributed by atoms with Crippen LogP contribution in [0.15, 0.2) is 78.2 Å². The fourth-order valence-corrected chi connectivity index (χ4v) is 3.35. The minimum atomic E-state index is -0.215. The predicted molar refractivity (Wildman–Crippen MR) is 192 cm³/mol. The number of benzene rings is 1. The van der Waals surface area contributed by atoms with Gasteiger partial charge in [0.25, 0.3) is 0 Å². The Bertz CT molecular complexity index is 846. The van der Waals surface area contributed by atoms with Crippen molar-refractivity contribution in [1.82, 2.24) is 0 Å². The largest absolute Gasteiger partial charge is 0.207 e. The highest BCUT2D eigenvalue weighted by molar-refractivity contribution is 5.40. The van der Waals surface area contributed by atoms with Crippen LogP contribution in [0.3, 0.4) is 0 Å². The first kappa shape index (κ1) is 45.8. The molecule has 1 aliphatic rings. The van der Waals surface area contributed by atoms with Gasteiger partial charge in [0, 0.05) is 0 Å². The quantitative estimate of drug-likeness (QED) is 0.244. The lowest BCUT2D eigenvalue weighted by atomic mass is 9.72. The maximum absolute atomic E-state index is 13.0. The standard InChI is InChI=1S/C11H15F.C9H12.C9H18.C5H12.C4H8.C2H6/c1-6-10(8(2)3)7-11(12)9(4)5;1-7-4-8(2)6-9(3)5-7;1-7(2)8(3)9-5-4-6-9;1-5(2,3)4;1-4(2)3;1-2/h6-7H,1-2H2,3-5H3;4-6H,1-3H3;7-9H,4-6H2,1-3H3;1-4H3;1H2,2-3H3;1-2H3/b10-7-;;;;;. The molecular formula is C40H71F. The van der Waals surface area contributed by atoms with Gasteiger partial charge in [-0.05, 0) is 95.8 Å². The molecule has 0 amide bonds. The van der Waals surface area contributed by atoms with Crippen LogP contribution in [0.5, 0.6) is 0 Å². The van der Waals surface area contributed by atoms with Gasteiger partial charge in [-0.1, -0.05) is 147 Å². The zero-order valence-corrected chi connectivity index (χ0v) is 30.7. The van der Waals surface area contributed by atoms with Crippen molar-refractivity contribution in [3.8, 4) is 0 Å². The molecule has 1 aromatic rings. The van der Waals surface area contributed by atoms with E-state index in [0.717, 1.165) is 28.9 Å². The van der Waals surface area contributed by atoms with E-state index >= 15 is 0 Å². The Kier molecular flexibility index (Phi) is 28.6. The van der Waals surface area contributed by atoms with E-state index < -0.39 is 0 Å². The Morgan fingerprint density at radius 3 is 1.29 bits per heavy atom. The van der Waals surface area contributed by atoms with E-state index in [4.69, 9.17) is 0 Å². The van der Waals surface area contributed by atoms with Gasteiger partial charge in [-0.2, -0.15) is 0 Å². The maximum atomic E-state index is 13.0. The number of aryl methyl sites for hydroxylation is 3. The van der Waals surface area contributed by atoms with Gasteiger partial charge in [-0.15, -0.1) is 6.58 Å². The molecule has 41 heavy (non-hydrogen) atoms. The number of hydrogen-bond donors (Lipinski definition) is 0. The Labute approximate surface area is 259 Å². The lowest BCUT2D eigenvalue weighted by molar-refractivity contribution is 0.176. The smallest absolute Gasteiger partial charge is 0.122 e. The first-order valence-electron chi connectivity index (χ1n) is 15.6. The molecule has 1 fully saturated rings. The summed E-state index contributed by atoms with van der Waals surface area (Å²) in [4.78, 5) is 0. The second-order valence-corrected chi connectivity index (χ2v) is 13.6. The molecule has 0 bridgehead atoms. The Morgan fingerprint density at radius 1 is 0.829 bits per heavy atom. The lowest BCUT2D eigenvalue weighted by Crippen LogP contribution is -2.23. The lowest BCUT2D eigenvalue weighted by Gasteiger charge is -2.33. The molecule has 0 spiro atoms. The summed E-state index contributed by atoms with van der Waals surface area (Å²) in [5.41, 5.74) is 7.96. The normalized spacial score (nSPS) is 12.8. The van der Waals surface area contributed by atoms with Gasteiger partial charge in [0.2, 0.25) is 0 Å². The second kappa shape index (κ2) is 25.6. The van der Waals surface area contributed by atoms with Crippen molar-refractivity contribution in [2.45, 2.75) is 137 Å². The fourth-order valence-electron chi connectivity index (χ4n) is 3.35. The highest BCUT2D eigenvalue weighted by Crippen LogP contribution is 2.36. The zero-order chi connectivity index (χ0) is 33.5. The number of rotatable bonds is 5. The summed E-state index contributed by atoms with van der Waals surface area (Å²) in [6.07, 6.45) is 7.54. The van der Waals surface area contributed by atoms with Gasteiger partial charge >= 0.3 is 0 Å². The average Bonchev–Trinajstić information content (AvgIpc) is 2.75. The van der Waals surface area contributed by atoms with E-state index in [9.17, 15) is 4.39 Å². The van der Waals surface area contributed by atoms with Crippen molar-refractivity contribution in [1.29, 1.82) is 0 Å². The Hall–Kier alpha value is -2.15. The van der Waals surface area contributed by atoms with E-state index in [1.807, 2.05) is 34.6 Å². The highest BCUT2D eigenvalue weighted by atomic mass is 19.1. The maximum Gasteiger partial charge on any atom is 0.122 e. The van der Waals surface area contributed by atoms with Crippen LogP contribution in [0, 0.1) is 43.9 Å². The first-order valence-corrected chi connectivity index (χ1v) is 15.6. The van der Waals surface area contributed by atoms with Crippen LogP contribution in [0.25, 0.3) is 0 Å². The second-order valence-electron chi connectivity index (χ2n) is 13.6. The van der Waals surface area contributed by atoms with Crippen molar-refractivity contribution >= 4 is 0 Å². The number of allylic oxidation sites excluding steroid dienone is 7. The summed E-state index contributed by atoms with van der Waals surface area (Å²) in [5, 5.41) is 0. The fraction of sp³-hybridized carbons (Fsp3) is 0.600. The van der Waals surface area contributed by atoms with Gasteiger partial charge in [-0.25, -0.2) is 4.39 Å². The van der Waals surface area contributed by atoms with E-state index in [2.05, 4.69) is 107 Å². The first-order chi connectivity index (χ1) is 18.6. The summed E-state index contributed by atoms with van der Waals surface area (Å²) >= 11 is 0. The van der Waals surface area contributed by atoms with Crippen molar-refractivity contribution in [3.05, 3.63) is 94.9 Å². The van der Waals surface area contributed by atoms with Crippen molar-refractivity contribution in [3.63, 3.8) is 0 Å². The summed E-state index contributed by atoms with van der Waals surface area (Å²) in [6, 6.07) is 6.56. The third kappa shape index (κ3) is 34.0. The van der Waals surface area contributed by atoms with Crippen LogP contribution in [0.1, 0.15) is 133 Å². The molecule has 0 nitrogen and oxygen atoms in total. The SMILES string of the molecule is C=C(C)C.C=C/C(=C/C(F)=C(C)C)C(=C)C.CC.CC(C)(C)C.CC(C)C(C)C1CCC1.Cc1cc(C)cc(C)c1. The van der Waals surface area contributed by atoms with Crippen molar-refractivity contribution < 1.29 is 4.39 Å².